The van der Waals surface area contributed by atoms with Gasteiger partial charge in [-0.25, -0.2) is 0 Å². The SMILES string of the molecule is COc1ccc(OC)c([C@H](C)NC(=O)c2ccc(NC(=O)c3ccco3)cc2)c1. The Kier molecular flexibility index (Phi) is 6.19. The van der Waals surface area contributed by atoms with Gasteiger partial charge in [-0.2, -0.15) is 0 Å². The molecule has 1 atom stereocenters. The molecule has 3 aromatic rings. The predicted octanol–water partition coefficient (Wildman–Crippen LogP) is 4.04. The van der Waals surface area contributed by atoms with E-state index in [-0.39, 0.29) is 23.6 Å². The fraction of sp³-hybridized carbons (Fsp3) is 0.182. The maximum Gasteiger partial charge on any atom is 0.291 e. The van der Waals surface area contributed by atoms with E-state index >= 15 is 0 Å². The van der Waals surface area contributed by atoms with Gasteiger partial charge in [-0.1, -0.05) is 0 Å². The van der Waals surface area contributed by atoms with Gasteiger partial charge in [0.05, 0.1) is 26.5 Å². The van der Waals surface area contributed by atoms with Crippen molar-refractivity contribution < 1.29 is 23.5 Å². The van der Waals surface area contributed by atoms with Crippen LogP contribution in [0.15, 0.2) is 65.3 Å². The van der Waals surface area contributed by atoms with Crippen LogP contribution in [0.4, 0.5) is 5.69 Å². The van der Waals surface area contributed by atoms with Gasteiger partial charge >= 0.3 is 0 Å². The molecule has 1 aromatic heterocycles. The Labute approximate surface area is 168 Å². The van der Waals surface area contributed by atoms with Crippen LogP contribution < -0.4 is 20.1 Å². The molecule has 2 aromatic carbocycles. The Morgan fingerprint density at radius 1 is 0.966 bits per heavy atom. The number of hydrogen-bond donors (Lipinski definition) is 2. The Balaban J connectivity index is 1.67. The number of furan rings is 1. The van der Waals surface area contributed by atoms with E-state index in [1.807, 2.05) is 13.0 Å². The molecule has 0 spiro atoms. The number of hydrogen-bond acceptors (Lipinski definition) is 5. The Bertz CT molecular complexity index is 981. The maximum atomic E-state index is 12.6. The number of nitrogens with one attached hydrogen (secondary N) is 2. The highest BCUT2D eigenvalue weighted by Crippen LogP contribution is 2.29. The van der Waals surface area contributed by atoms with Gasteiger partial charge in [0.15, 0.2) is 5.76 Å². The lowest BCUT2D eigenvalue weighted by Crippen LogP contribution is -2.27. The second-order valence-corrected chi connectivity index (χ2v) is 6.31. The van der Waals surface area contributed by atoms with Crippen LogP contribution in [0.2, 0.25) is 0 Å². The molecule has 2 amide bonds. The number of anilines is 1. The summed E-state index contributed by atoms with van der Waals surface area (Å²) in [5, 5.41) is 5.65. The zero-order valence-electron chi connectivity index (χ0n) is 16.4. The smallest absolute Gasteiger partial charge is 0.291 e. The lowest BCUT2D eigenvalue weighted by atomic mass is 10.1. The molecule has 0 saturated heterocycles. The van der Waals surface area contributed by atoms with Crippen LogP contribution in [0.1, 0.15) is 39.4 Å². The summed E-state index contributed by atoms with van der Waals surface area (Å²) in [6, 6.07) is 14.9. The summed E-state index contributed by atoms with van der Waals surface area (Å²) in [6.07, 6.45) is 1.43. The minimum absolute atomic E-state index is 0.216. The largest absolute Gasteiger partial charge is 0.497 e. The molecule has 2 N–H and O–H groups in total. The number of rotatable bonds is 7. The van der Waals surface area contributed by atoms with Crippen molar-refractivity contribution in [1.82, 2.24) is 5.32 Å². The molecule has 0 bridgehead atoms. The summed E-state index contributed by atoms with van der Waals surface area (Å²) in [5.41, 5.74) is 1.84. The van der Waals surface area contributed by atoms with Crippen molar-refractivity contribution in [2.75, 3.05) is 19.5 Å². The van der Waals surface area contributed by atoms with Crippen LogP contribution in [0.3, 0.4) is 0 Å². The third-order valence-corrected chi connectivity index (χ3v) is 4.40. The van der Waals surface area contributed by atoms with Gasteiger partial charge in [0.1, 0.15) is 11.5 Å². The number of carbonyl (C=O) groups is 2. The molecule has 3 rings (SSSR count). The number of benzene rings is 2. The van der Waals surface area contributed by atoms with Crippen molar-refractivity contribution in [2.24, 2.45) is 0 Å². The molecule has 0 radical (unpaired) electrons. The summed E-state index contributed by atoms with van der Waals surface area (Å²) in [4.78, 5) is 24.6. The Hall–Kier alpha value is -3.74. The highest BCUT2D eigenvalue weighted by molar-refractivity contribution is 6.02. The predicted molar refractivity (Wildman–Crippen MR) is 109 cm³/mol. The summed E-state index contributed by atoms with van der Waals surface area (Å²) < 4.78 is 15.7. The summed E-state index contributed by atoms with van der Waals surface area (Å²) >= 11 is 0. The van der Waals surface area contributed by atoms with E-state index in [0.717, 1.165) is 5.56 Å². The minimum atomic E-state index is -0.356. The Morgan fingerprint density at radius 3 is 2.34 bits per heavy atom. The monoisotopic (exact) mass is 394 g/mol. The lowest BCUT2D eigenvalue weighted by molar-refractivity contribution is 0.0938. The van der Waals surface area contributed by atoms with Crippen molar-refractivity contribution in [3.63, 3.8) is 0 Å². The first kappa shape index (κ1) is 20.0. The van der Waals surface area contributed by atoms with Crippen LogP contribution in [0.5, 0.6) is 11.5 Å². The zero-order valence-corrected chi connectivity index (χ0v) is 16.4. The molecular weight excluding hydrogens is 372 g/mol. The topological polar surface area (TPSA) is 89.8 Å². The highest BCUT2D eigenvalue weighted by atomic mass is 16.5. The molecule has 0 aliphatic heterocycles. The number of carbonyl (C=O) groups excluding carboxylic acids is 2. The number of ether oxygens (including phenoxy) is 2. The van der Waals surface area contributed by atoms with Gasteiger partial charge in [0.2, 0.25) is 0 Å². The normalized spacial score (nSPS) is 11.4. The van der Waals surface area contributed by atoms with E-state index in [1.165, 1.54) is 6.26 Å². The minimum Gasteiger partial charge on any atom is -0.497 e. The fourth-order valence-corrected chi connectivity index (χ4v) is 2.84. The Morgan fingerprint density at radius 2 is 1.72 bits per heavy atom. The maximum absolute atomic E-state index is 12.6. The molecule has 0 saturated carbocycles. The van der Waals surface area contributed by atoms with E-state index in [1.54, 1.807) is 62.8 Å². The molecule has 0 aliphatic rings. The van der Waals surface area contributed by atoms with Crippen LogP contribution >= 0.6 is 0 Å². The van der Waals surface area contributed by atoms with Crippen molar-refractivity contribution in [1.29, 1.82) is 0 Å². The summed E-state index contributed by atoms with van der Waals surface area (Å²) in [6.45, 7) is 1.87. The summed E-state index contributed by atoms with van der Waals surface area (Å²) in [7, 11) is 3.16. The molecule has 0 unspecified atom stereocenters. The highest BCUT2D eigenvalue weighted by Gasteiger charge is 2.16. The van der Waals surface area contributed by atoms with Gasteiger partial charge < -0.3 is 24.5 Å². The standard InChI is InChI=1S/C22H22N2O5/c1-14(18-13-17(27-2)10-11-19(18)28-3)23-21(25)15-6-8-16(9-7-15)24-22(26)20-5-4-12-29-20/h4-14H,1-3H3,(H,23,25)(H,24,26)/t14-/m0/s1. The van der Waals surface area contributed by atoms with Crippen molar-refractivity contribution in [3.8, 4) is 11.5 Å². The van der Waals surface area contributed by atoms with Crippen LogP contribution in [0.25, 0.3) is 0 Å². The van der Waals surface area contributed by atoms with Crippen molar-refractivity contribution >= 4 is 17.5 Å². The van der Waals surface area contributed by atoms with Crippen molar-refractivity contribution in [2.45, 2.75) is 13.0 Å². The molecule has 0 aliphatic carbocycles. The molecule has 150 valence electrons. The van der Waals surface area contributed by atoms with E-state index in [9.17, 15) is 9.59 Å². The first-order chi connectivity index (χ1) is 14.0. The van der Waals surface area contributed by atoms with Gasteiger partial charge in [-0.05, 0) is 61.5 Å². The average Bonchev–Trinajstić information content (AvgIpc) is 3.28. The summed E-state index contributed by atoms with van der Waals surface area (Å²) in [5.74, 6) is 0.957. The fourth-order valence-electron chi connectivity index (χ4n) is 2.84. The second-order valence-electron chi connectivity index (χ2n) is 6.31. The third kappa shape index (κ3) is 4.76. The number of amides is 2. The van der Waals surface area contributed by atoms with Crippen LogP contribution in [-0.4, -0.2) is 26.0 Å². The van der Waals surface area contributed by atoms with E-state index in [0.29, 0.717) is 22.7 Å². The lowest BCUT2D eigenvalue weighted by Gasteiger charge is -2.18. The van der Waals surface area contributed by atoms with Gasteiger partial charge in [-0.15, -0.1) is 0 Å². The number of methoxy groups -OCH3 is 2. The van der Waals surface area contributed by atoms with Crippen LogP contribution in [0, 0.1) is 0 Å². The average molecular weight is 394 g/mol. The molecule has 29 heavy (non-hydrogen) atoms. The first-order valence-corrected chi connectivity index (χ1v) is 8.99. The quantitative estimate of drug-likeness (QED) is 0.631. The third-order valence-electron chi connectivity index (χ3n) is 4.40. The van der Waals surface area contributed by atoms with E-state index < -0.39 is 0 Å². The van der Waals surface area contributed by atoms with E-state index in [2.05, 4.69) is 10.6 Å². The zero-order chi connectivity index (χ0) is 20.8. The van der Waals surface area contributed by atoms with Gasteiger partial charge in [-0.3, -0.25) is 9.59 Å². The molecular formula is C22H22N2O5. The van der Waals surface area contributed by atoms with Crippen LogP contribution in [-0.2, 0) is 0 Å². The second kappa shape index (κ2) is 8.97. The van der Waals surface area contributed by atoms with Gasteiger partial charge in [0, 0.05) is 16.8 Å². The van der Waals surface area contributed by atoms with Gasteiger partial charge in [0.25, 0.3) is 11.8 Å². The first-order valence-electron chi connectivity index (χ1n) is 8.99. The molecule has 0 fully saturated rings. The molecule has 1 heterocycles. The molecule has 7 nitrogen and oxygen atoms in total. The van der Waals surface area contributed by atoms with Crippen molar-refractivity contribution in [3.05, 3.63) is 77.7 Å². The van der Waals surface area contributed by atoms with E-state index in [4.69, 9.17) is 13.9 Å². The molecule has 7 heteroatoms.